The zero-order chi connectivity index (χ0) is 21.1. The second kappa shape index (κ2) is 9.07. The fraction of sp³-hybridized carbons (Fsp3) is 0.478. The number of rotatable bonds is 7. The number of aryl methyl sites for hydroxylation is 1. The highest BCUT2D eigenvalue weighted by atomic mass is 32.1. The van der Waals surface area contributed by atoms with Gasteiger partial charge in [-0.05, 0) is 50.3 Å². The molecule has 1 aliphatic heterocycles. The minimum absolute atomic E-state index is 0.0289. The van der Waals surface area contributed by atoms with Gasteiger partial charge in [-0.25, -0.2) is 0 Å². The van der Waals surface area contributed by atoms with E-state index in [0.717, 1.165) is 66.3 Å². The molecule has 0 saturated carbocycles. The predicted octanol–water partition coefficient (Wildman–Crippen LogP) is 4.29. The number of nitrogens with zero attached hydrogens (tertiary/aromatic N) is 2. The molecule has 1 saturated heterocycles. The van der Waals surface area contributed by atoms with Gasteiger partial charge in [0.05, 0.1) is 19.8 Å². The lowest BCUT2D eigenvalue weighted by Crippen LogP contribution is -2.28. The van der Waals surface area contributed by atoms with Crippen LogP contribution >= 0.6 is 11.3 Å². The van der Waals surface area contributed by atoms with Crippen molar-refractivity contribution in [3.05, 3.63) is 39.8 Å². The molecule has 1 fully saturated rings. The topological polar surface area (TPSA) is 74.6 Å². The van der Waals surface area contributed by atoms with Crippen LogP contribution < -0.4 is 14.8 Å². The van der Waals surface area contributed by atoms with Gasteiger partial charge in [0.2, 0.25) is 5.91 Å². The highest BCUT2D eigenvalue weighted by Gasteiger charge is 2.29. The molecule has 1 atom stereocenters. The molecular weight excluding hydrogens is 398 g/mol. The molecule has 1 aromatic heterocycles. The van der Waals surface area contributed by atoms with Gasteiger partial charge in [0, 0.05) is 35.5 Å². The second-order valence-electron chi connectivity index (χ2n) is 7.77. The third-order valence-corrected chi connectivity index (χ3v) is 7.28. The standard InChI is InChI=1S/C23H27N3O3S/c1-28-15-8-9-17(20(13-15)29-2)19-6-4-11-26(19)12-10-22(27)25-23-18(14-24)16-5-3-7-21(16)30-23/h8-9,13,19H,3-7,10-12H2,1-2H3,(H,25,27). The van der Waals surface area contributed by atoms with Crippen LogP contribution in [0.25, 0.3) is 0 Å². The highest BCUT2D eigenvalue weighted by molar-refractivity contribution is 7.16. The van der Waals surface area contributed by atoms with E-state index in [-0.39, 0.29) is 11.9 Å². The number of nitriles is 1. The third kappa shape index (κ3) is 4.03. The van der Waals surface area contributed by atoms with Gasteiger partial charge in [-0.3, -0.25) is 9.69 Å². The van der Waals surface area contributed by atoms with E-state index in [4.69, 9.17) is 9.47 Å². The van der Waals surface area contributed by atoms with Crippen molar-refractivity contribution in [3.8, 4) is 17.6 Å². The Kier molecular flexibility index (Phi) is 6.26. The number of fused-ring (bicyclic) bond motifs is 1. The van der Waals surface area contributed by atoms with E-state index < -0.39 is 0 Å². The number of nitrogens with one attached hydrogen (secondary N) is 1. The Morgan fingerprint density at radius 3 is 2.93 bits per heavy atom. The molecule has 0 bridgehead atoms. The normalized spacial score (nSPS) is 18.1. The fourth-order valence-corrected chi connectivity index (χ4v) is 5.84. The number of hydrogen-bond donors (Lipinski definition) is 1. The van der Waals surface area contributed by atoms with Gasteiger partial charge in [-0.15, -0.1) is 11.3 Å². The zero-order valence-electron chi connectivity index (χ0n) is 17.5. The number of ether oxygens (including phenoxy) is 2. The average molecular weight is 426 g/mol. The van der Waals surface area contributed by atoms with Crippen LogP contribution in [0.5, 0.6) is 11.5 Å². The van der Waals surface area contributed by atoms with E-state index in [2.05, 4.69) is 22.4 Å². The summed E-state index contributed by atoms with van der Waals surface area (Å²) in [7, 11) is 3.32. The molecule has 1 aromatic carbocycles. The quantitative estimate of drug-likeness (QED) is 0.716. The Bertz CT molecular complexity index is 979. The lowest BCUT2D eigenvalue weighted by Gasteiger charge is -2.26. The molecule has 1 amide bonds. The molecule has 4 rings (SSSR count). The molecule has 2 heterocycles. The first-order valence-corrected chi connectivity index (χ1v) is 11.3. The number of amides is 1. The fourth-order valence-electron chi connectivity index (χ4n) is 4.58. The maximum absolute atomic E-state index is 12.6. The monoisotopic (exact) mass is 425 g/mol. The third-order valence-electron chi connectivity index (χ3n) is 6.08. The first-order chi connectivity index (χ1) is 14.6. The number of hydrogen-bond acceptors (Lipinski definition) is 6. The molecule has 0 spiro atoms. The van der Waals surface area contributed by atoms with Gasteiger partial charge in [0.15, 0.2) is 0 Å². The summed E-state index contributed by atoms with van der Waals surface area (Å²) in [5.41, 5.74) is 2.95. The zero-order valence-corrected chi connectivity index (χ0v) is 18.3. The van der Waals surface area contributed by atoms with Crippen LogP contribution in [0.2, 0.25) is 0 Å². The number of likely N-dealkylation sites (tertiary alicyclic amines) is 1. The molecule has 6 nitrogen and oxygen atoms in total. The van der Waals surface area contributed by atoms with Crippen LogP contribution in [0.3, 0.4) is 0 Å². The molecule has 1 unspecified atom stereocenters. The van der Waals surface area contributed by atoms with Gasteiger partial charge in [0.25, 0.3) is 0 Å². The van der Waals surface area contributed by atoms with Crippen LogP contribution in [-0.4, -0.2) is 38.1 Å². The summed E-state index contributed by atoms with van der Waals surface area (Å²) in [6.45, 7) is 1.64. The lowest BCUT2D eigenvalue weighted by atomic mass is 10.0. The van der Waals surface area contributed by atoms with Crippen LogP contribution in [-0.2, 0) is 17.6 Å². The molecule has 1 N–H and O–H groups in total. The van der Waals surface area contributed by atoms with Gasteiger partial charge < -0.3 is 14.8 Å². The molecular formula is C23H27N3O3S. The van der Waals surface area contributed by atoms with Crippen LogP contribution in [0.1, 0.15) is 53.3 Å². The Morgan fingerprint density at radius 2 is 2.17 bits per heavy atom. The van der Waals surface area contributed by atoms with Crippen molar-refractivity contribution in [2.24, 2.45) is 0 Å². The molecule has 2 aromatic rings. The highest BCUT2D eigenvalue weighted by Crippen LogP contribution is 2.40. The Labute approximate surface area is 181 Å². The minimum atomic E-state index is -0.0289. The van der Waals surface area contributed by atoms with Crippen LogP contribution in [0.4, 0.5) is 5.00 Å². The van der Waals surface area contributed by atoms with Gasteiger partial charge in [0.1, 0.15) is 22.6 Å². The van der Waals surface area contributed by atoms with E-state index in [1.165, 1.54) is 4.88 Å². The summed E-state index contributed by atoms with van der Waals surface area (Å²) in [6.07, 6.45) is 5.61. The van der Waals surface area contributed by atoms with Crippen molar-refractivity contribution in [1.29, 1.82) is 5.26 Å². The summed E-state index contributed by atoms with van der Waals surface area (Å²) in [5.74, 6) is 1.57. The smallest absolute Gasteiger partial charge is 0.226 e. The van der Waals surface area contributed by atoms with Crippen molar-refractivity contribution in [3.63, 3.8) is 0 Å². The van der Waals surface area contributed by atoms with Crippen molar-refractivity contribution in [1.82, 2.24) is 4.90 Å². The van der Waals surface area contributed by atoms with Gasteiger partial charge in [-0.2, -0.15) is 5.26 Å². The summed E-state index contributed by atoms with van der Waals surface area (Å²) < 4.78 is 10.9. The van der Waals surface area contributed by atoms with Crippen molar-refractivity contribution < 1.29 is 14.3 Å². The van der Waals surface area contributed by atoms with Crippen molar-refractivity contribution in [2.75, 3.05) is 32.6 Å². The van der Waals surface area contributed by atoms with Crippen molar-refractivity contribution in [2.45, 2.75) is 44.6 Å². The van der Waals surface area contributed by atoms with E-state index in [1.807, 2.05) is 12.1 Å². The SMILES string of the molecule is COc1ccc(C2CCCN2CCC(=O)Nc2sc3c(c2C#N)CCC3)c(OC)c1. The Hall–Kier alpha value is -2.56. The molecule has 1 aliphatic carbocycles. The first-order valence-electron chi connectivity index (χ1n) is 10.4. The maximum Gasteiger partial charge on any atom is 0.226 e. The molecule has 158 valence electrons. The summed E-state index contributed by atoms with van der Waals surface area (Å²) in [5, 5.41) is 13.2. The van der Waals surface area contributed by atoms with Crippen LogP contribution in [0, 0.1) is 11.3 Å². The molecule has 0 radical (unpaired) electrons. The number of thiophene rings is 1. The molecule has 7 heteroatoms. The van der Waals surface area contributed by atoms with Gasteiger partial charge >= 0.3 is 0 Å². The Morgan fingerprint density at radius 1 is 1.30 bits per heavy atom. The maximum atomic E-state index is 12.6. The first kappa shape index (κ1) is 20.7. The summed E-state index contributed by atoms with van der Waals surface area (Å²) in [4.78, 5) is 16.2. The summed E-state index contributed by atoms with van der Waals surface area (Å²) in [6, 6.07) is 8.46. The molecule has 2 aliphatic rings. The largest absolute Gasteiger partial charge is 0.497 e. The van der Waals surface area contributed by atoms with E-state index in [9.17, 15) is 10.1 Å². The van der Waals surface area contributed by atoms with E-state index in [1.54, 1.807) is 25.6 Å². The minimum Gasteiger partial charge on any atom is -0.497 e. The van der Waals surface area contributed by atoms with Crippen molar-refractivity contribution >= 4 is 22.2 Å². The number of methoxy groups -OCH3 is 2. The number of anilines is 1. The number of carbonyl (C=O) groups is 1. The number of carbonyl (C=O) groups excluding carboxylic acids is 1. The predicted molar refractivity (Wildman–Crippen MR) is 117 cm³/mol. The van der Waals surface area contributed by atoms with E-state index >= 15 is 0 Å². The van der Waals surface area contributed by atoms with Gasteiger partial charge in [-0.1, -0.05) is 6.07 Å². The summed E-state index contributed by atoms with van der Waals surface area (Å²) >= 11 is 1.57. The average Bonchev–Trinajstić information content (AvgIpc) is 3.47. The van der Waals surface area contributed by atoms with E-state index in [0.29, 0.717) is 18.5 Å². The lowest BCUT2D eigenvalue weighted by molar-refractivity contribution is -0.116. The van der Waals surface area contributed by atoms with Crippen LogP contribution in [0.15, 0.2) is 18.2 Å². The molecule has 30 heavy (non-hydrogen) atoms. The number of benzene rings is 1. The second-order valence-corrected chi connectivity index (χ2v) is 8.88. The Balaban J connectivity index is 1.40.